The summed E-state index contributed by atoms with van der Waals surface area (Å²) in [5.74, 6) is -1.63. The fraction of sp³-hybridized carbons (Fsp3) is 0.200. The van der Waals surface area contributed by atoms with Crippen molar-refractivity contribution >= 4 is 15.8 Å². The molecule has 1 aliphatic heterocycles. The van der Waals surface area contributed by atoms with E-state index in [1.165, 1.54) is 19.2 Å². The number of hydrogen-bond donors (Lipinski definition) is 1. The van der Waals surface area contributed by atoms with Gasteiger partial charge in [0.1, 0.15) is 6.04 Å². The van der Waals surface area contributed by atoms with Gasteiger partial charge in [-0.2, -0.15) is 5.26 Å². The first-order chi connectivity index (χ1) is 15.5. The Kier molecular flexibility index (Phi) is 5.83. The van der Waals surface area contributed by atoms with Gasteiger partial charge in [0.2, 0.25) is 0 Å². The van der Waals surface area contributed by atoms with Crippen molar-refractivity contribution in [2.75, 3.05) is 7.11 Å². The number of benzene rings is 3. The van der Waals surface area contributed by atoms with Gasteiger partial charge < -0.3 is 4.74 Å². The van der Waals surface area contributed by atoms with E-state index in [4.69, 9.17) is 4.74 Å². The Morgan fingerprint density at radius 2 is 1.41 bits per heavy atom. The van der Waals surface area contributed by atoms with Gasteiger partial charge in [-0.15, -0.1) is 0 Å². The lowest BCUT2D eigenvalue weighted by molar-refractivity contribution is -0.143. The fourth-order valence-corrected chi connectivity index (χ4v) is 6.71. The Morgan fingerprint density at radius 3 is 1.91 bits per heavy atom. The number of sulfone groups is 1. The molecule has 3 aromatic rings. The molecular weight excluding hydrogens is 424 g/mol. The minimum absolute atomic E-state index is 0.0238. The van der Waals surface area contributed by atoms with Crippen LogP contribution in [0.5, 0.6) is 0 Å². The third-order valence-electron chi connectivity index (χ3n) is 5.99. The summed E-state index contributed by atoms with van der Waals surface area (Å²) in [7, 11) is -3.00. The molecule has 1 saturated heterocycles. The maximum atomic E-state index is 14.2. The van der Waals surface area contributed by atoms with Crippen LogP contribution in [0.1, 0.15) is 23.1 Å². The molecule has 0 spiro atoms. The summed E-state index contributed by atoms with van der Waals surface area (Å²) in [5, 5.41) is 13.8. The Morgan fingerprint density at radius 1 is 0.906 bits per heavy atom. The van der Waals surface area contributed by atoms with Gasteiger partial charge in [0.05, 0.1) is 24.1 Å². The Labute approximate surface area is 187 Å². The van der Waals surface area contributed by atoms with Gasteiger partial charge in [-0.1, -0.05) is 78.9 Å². The average Bonchev–Trinajstić information content (AvgIpc) is 3.22. The molecule has 0 aliphatic carbocycles. The highest BCUT2D eigenvalue weighted by atomic mass is 32.2. The summed E-state index contributed by atoms with van der Waals surface area (Å²) in [4.78, 5) is 12.9. The molecular formula is C25H22N2O4S. The molecule has 0 saturated carbocycles. The number of nitrogens with one attached hydrogen (secondary N) is 1. The summed E-state index contributed by atoms with van der Waals surface area (Å²) in [6, 6.07) is 25.7. The summed E-state index contributed by atoms with van der Waals surface area (Å²) in [6.07, 6.45) is 0. The lowest BCUT2D eigenvalue weighted by Gasteiger charge is -2.33. The molecule has 0 amide bonds. The Hall–Kier alpha value is -3.47. The molecule has 4 atom stereocenters. The van der Waals surface area contributed by atoms with Crippen LogP contribution in [0.15, 0.2) is 95.9 Å². The maximum Gasteiger partial charge on any atom is 0.323 e. The summed E-state index contributed by atoms with van der Waals surface area (Å²) >= 11 is 0. The van der Waals surface area contributed by atoms with Crippen LogP contribution >= 0.6 is 0 Å². The van der Waals surface area contributed by atoms with E-state index in [1.54, 1.807) is 72.8 Å². The zero-order valence-electron chi connectivity index (χ0n) is 17.4. The van der Waals surface area contributed by atoms with E-state index >= 15 is 0 Å². The number of carbonyl (C=O) groups is 1. The van der Waals surface area contributed by atoms with Crippen LogP contribution in [0.3, 0.4) is 0 Å². The van der Waals surface area contributed by atoms with Crippen molar-refractivity contribution in [3.05, 3.63) is 102 Å². The number of ether oxygens (including phenoxy) is 1. The number of nitrogens with zero attached hydrogens (tertiary/aromatic N) is 1. The lowest BCUT2D eigenvalue weighted by atomic mass is 9.80. The zero-order valence-corrected chi connectivity index (χ0v) is 18.2. The predicted octanol–water partition coefficient (Wildman–Crippen LogP) is 3.39. The molecule has 32 heavy (non-hydrogen) atoms. The number of carbonyl (C=O) groups excluding carboxylic acids is 1. The predicted molar refractivity (Wildman–Crippen MR) is 119 cm³/mol. The van der Waals surface area contributed by atoms with Crippen LogP contribution in [0.25, 0.3) is 0 Å². The minimum Gasteiger partial charge on any atom is -0.468 e. The van der Waals surface area contributed by atoms with E-state index in [2.05, 4.69) is 11.4 Å². The van der Waals surface area contributed by atoms with Gasteiger partial charge in [-0.25, -0.2) is 8.42 Å². The van der Waals surface area contributed by atoms with Crippen molar-refractivity contribution in [2.24, 2.45) is 0 Å². The fourth-order valence-electron chi connectivity index (χ4n) is 4.56. The van der Waals surface area contributed by atoms with E-state index in [0.29, 0.717) is 11.1 Å². The standard InChI is InChI=1S/C25H22N2O4S/c1-31-24(28)22-21(18-11-5-2-6-12-18)25(17-26,23(27-22)19-13-7-3-8-14-19)32(29,30)20-15-9-4-10-16-20/h2-16,21-23,27H,1H3/t21-,22+,23+,25+/m1/s1. The quantitative estimate of drug-likeness (QED) is 0.604. The van der Waals surface area contributed by atoms with Gasteiger partial charge in [-0.05, 0) is 23.3 Å². The Balaban J connectivity index is 2.06. The second-order valence-corrected chi connectivity index (χ2v) is 9.77. The number of hydrogen-bond acceptors (Lipinski definition) is 6. The van der Waals surface area contributed by atoms with E-state index in [1.807, 2.05) is 6.07 Å². The normalized spacial score (nSPS) is 25.1. The molecule has 0 aromatic heterocycles. The second-order valence-electron chi connectivity index (χ2n) is 7.62. The molecule has 0 bridgehead atoms. The monoisotopic (exact) mass is 446 g/mol. The molecule has 162 valence electrons. The molecule has 4 rings (SSSR count). The smallest absolute Gasteiger partial charge is 0.323 e. The van der Waals surface area contributed by atoms with Gasteiger partial charge >= 0.3 is 5.97 Å². The van der Waals surface area contributed by atoms with Crippen molar-refractivity contribution in [1.29, 1.82) is 5.26 Å². The Bertz CT molecular complexity index is 1240. The molecule has 0 unspecified atom stereocenters. The second kappa shape index (κ2) is 8.58. The topological polar surface area (TPSA) is 96.3 Å². The average molecular weight is 447 g/mol. The number of methoxy groups -OCH3 is 1. The van der Waals surface area contributed by atoms with Crippen LogP contribution < -0.4 is 5.32 Å². The van der Waals surface area contributed by atoms with Crippen molar-refractivity contribution in [1.82, 2.24) is 5.32 Å². The van der Waals surface area contributed by atoms with E-state index in [9.17, 15) is 18.5 Å². The molecule has 1 heterocycles. The van der Waals surface area contributed by atoms with Crippen molar-refractivity contribution in [3.8, 4) is 6.07 Å². The minimum atomic E-state index is -4.25. The van der Waals surface area contributed by atoms with Gasteiger partial charge in [0.25, 0.3) is 0 Å². The lowest BCUT2D eigenvalue weighted by Crippen LogP contribution is -2.46. The first-order valence-electron chi connectivity index (χ1n) is 10.1. The third-order valence-corrected chi connectivity index (χ3v) is 8.35. The summed E-state index contributed by atoms with van der Waals surface area (Å²) < 4.78 is 31.4. The van der Waals surface area contributed by atoms with E-state index in [0.717, 1.165) is 0 Å². The largest absolute Gasteiger partial charge is 0.468 e. The molecule has 7 heteroatoms. The first-order valence-corrected chi connectivity index (χ1v) is 11.6. The van der Waals surface area contributed by atoms with Gasteiger partial charge in [-0.3, -0.25) is 10.1 Å². The van der Waals surface area contributed by atoms with E-state index < -0.39 is 38.6 Å². The molecule has 1 fully saturated rings. The molecule has 1 N–H and O–H groups in total. The van der Waals surface area contributed by atoms with Crippen LogP contribution in [-0.4, -0.2) is 32.3 Å². The molecule has 3 aromatic carbocycles. The van der Waals surface area contributed by atoms with Crippen LogP contribution in [-0.2, 0) is 19.4 Å². The third kappa shape index (κ3) is 3.29. The molecule has 6 nitrogen and oxygen atoms in total. The molecule has 0 radical (unpaired) electrons. The highest BCUT2D eigenvalue weighted by molar-refractivity contribution is 7.93. The van der Waals surface area contributed by atoms with Crippen LogP contribution in [0.2, 0.25) is 0 Å². The highest BCUT2D eigenvalue weighted by Gasteiger charge is 2.66. The van der Waals surface area contributed by atoms with Gasteiger partial charge in [0.15, 0.2) is 14.6 Å². The zero-order chi connectivity index (χ0) is 22.8. The van der Waals surface area contributed by atoms with Crippen molar-refractivity contribution in [2.45, 2.75) is 27.6 Å². The first kappa shape index (κ1) is 21.8. The number of rotatable bonds is 5. The number of esters is 1. The summed E-state index contributed by atoms with van der Waals surface area (Å²) in [5.41, 5.74) is 1.16. The summed E-state index contributed by atoms with van der Waals surface area (Å²) in [6.45, 7) is 0. The van der Waals surface area contributed by atoms with Crippen LogP contribution in [0, 0.1) is 11.3 Å². The molecule has 1 aliphatic rings. The van der Waals surface area contributed by atoms with Crippen molar-refractivity contribution < 1.29 is 17.9 Å². The highest BCUT2D eigenvalue weighted by Crippen LogP contribution is 2.53. The van der Waals surface area contributed by atoms with Crippen molar-refractivity contribution in [3.63, 3.8) is 0 Å². The van der Waals surface area contributed by atoms with Gasteiger partial charge in [0, 0.05) is 5.92 Å². The van der Waals surface area contributed by atoms with E-state index in [-0.39, 0.29) is 4.90 Å². The number of nitriles is 1. The SMILES string of the molecule is COC(=O)[C@H]1N[C@@H](c2ccccc2)[C@@](C#N)(S(=O)(=O)c2ccccc2)[C@@H]1c1ccccc1. The van der Waals surface area contributed by atoms with Crippen LogP contribution in [0.4, 0.5) is 0 Å². The maximum absolute atomic E-state index is 14.2.